The summed E-state index contributed by atoms with van der Waals surface area (Å²) in [6, 6.07) is 0. The molecule has 0 N–H and O–H groups in total. The lowest BCUT2D eigenvalue weighted by molar-refractivity contribution is -0.167. The molecular formula is C48H84O6. The van der Waals surface area contributed by atoms with Crippen LogP contribution in [0.25, 0.3) is 0 Å². The number of hydrogen-bond donors (Lipinski definition) is 0. The summed E-state index contributed by atoms with van der Waals surface area (Å²) < 4.78 is 16.6. The van der Waals surface area contributed by atoms with Gasteiger partial charge >= 0.3 is 17.9 Å². The molecule has 0 heterocycles. The van der Waals surface area contributed by atoms with Crippen LogP contribution in [-0.4, -0.2) is 37.2 Å². The Balaban J connectivity index is 4.31. The minimum Gasteiger partial charge on any atom is -0.462 e. The highest BCUT2D eigenvalue weighted by Crippen LogP contribution is 2.13. The van der Waals surface area contributed by atoms with Crippen molar-refractivity contribution in [2.75, 3.05) is 13.2 Å². The molecule has 0 aliphatic heterocycles. The van der Waals surface area contributed by atoms with E-state index in [-0.39, 0.29) is 31.1 Å². The van der Waals surface area contributed by atoms with Gasteiger partial charge in [0.05, 0.1) is 0 Å². The maximum absolute atomic E-state index is 12.7. The molecule has 54 heavy (non-hydrogen) atoms. The predicted molar refractivity (Wildman–Crippen MR) is 229 cm³/mol. The molecule has 0 aromatic rings. The van der Waals surface area contributed by atoms with Gasteiger partial charge in [-0.1, -0.05) is 172 Å². The van der Waals surface area contributed by atoms with Crippen molar-refractivity contribution in [3.05, 3.63) is 48.6 Å². The van der Waals surface area contributed by atoms with E-state index >= 15 is 0 Å². The number of carbonyl (C=O) groups is 3. The fourth-order valence-electron chi connectivity index (χ4n) is 6.16. The van der Waals surface area contributed by atoms with Crippen molar-refractivity contribution >= 4 is 17.9 Å². The lowest BCUT2D eigenvalue weighted by Crippen LogP contribution is -2.30. The van der Waals surface area contributed by atoms with E-state index in [4.69, 9.17) is 14.2 Å². The molecule has 0 saturated heterocycles. The molecule has 0 radical (unpaired) electrons. The van der Waals surface area contributed by atoms with Crippen molar-refractivity contribution in [3.63, 3.8) is 0 Å². The van der Waals surface area contributed by atoms with Crippen LogP contribution in [0.5, 0.6) is 0 Å². The number of unbranched alkanes of at least 4 members (excludes halogenated alkanes) is 21. The number of carbonyl (C=O) groups excluding carboxylic acids is 3. The van der Waals surface area contributed by atoms with E-state index < -0.39 is 6.10 Å². The second-order valence-corrected chi connectivity index (χ2v) is 14.9. The molecule has 0 aliphatic carbocycles. The fourth-order valence-corrected chi connectivity index (χ4v) is 6.16. The van der Waals surface area contributed by atoms with E-state index in [1.807, 2.05) is 0 Å². The monoisotopic (exact) mass is 757 g/mol. The Bertz CT molecular complexity index is 964. The van der Waals surface area contributed by atoms with Crippen molar-refractivity contribution in [2.45, 2.75) is 226 Å². The van der Waals surface area contributed by atoms with Gasteiger partial charge < -0.3 is 14.2 Å². The maximum atomic E-state index is 12.7. The van der Waals surface area contributed by atoms with Crippen LogP contribution >= 0.6 is 0 Å². The Morgan fingerprint density at radius 2 is 0.722 bits per heavy atom. The molecule has 0 fully saturated rings. The van der Waals surface area contributed by atoms with Crippen LogP contribution in [-0.2, 0) is 28.6 Å². The van der Waals surface area contributed by atoms with E-state index in [1.54, 1.807) is 0 Å². The Morgan fingerprint density at radius 3 is 1.19 bits per heavy atom. The van der Waals surface area contributed by atoms with Crippen molar-refractivity contribution in [2.24, 2.45) is 0 Å². The molecule has 312 valence electrons. The van der Waals surface area contributed by atoms with Gasteiger partial charge in [-0.25, -0.2) is 0 Å². The highest BCUT2D eigenvalue weighted by Gasteiger charge is 2.19. The zero-order valence-corrected chi connectivity index (χ0v) is 35.5. The average Bonchev–Trinajstić information content (AvgIpc) is 3.17. The first-order chi connectivity index (χ1) is 26.5. The molecule has 1 unspecified atom stereocenters. The van der Waals surface area contributed by atoms with E-state index in [9.17, 15) is 14.4 Å². The lowest BCUT2D eigenvalue weighted by Gasteiger charge is -2.18. The Kier molecular flexibility index (Phi) is 41.0. The second-order valence-electron chi connectivity index (χ2n) is 14.9. The molecule has 0 saturated carbocycles. The summed E-state index contributed by atoms with van der Waals surface area (Å²) in [4.78, 5) is 37.6. The van der Waals surface area contributed by atoms with E-state index in [0.29, 0.717) is 19.3 Å². The van der Waals surface area contributed by atoms with Gasteiger partial charge in [-0.3, -0.25) is 14.4 Å². The minimum atomic E-state index is -0.775. The zero-order valence-electron chi connectivity index (χ0n) is 35.5. The van der Waals surface area contributed by atoms with Gasteiger partial charge in [0.1, 0.15) is 13.2 Å². The summed E-state index contributed by atoms with van der Waals surface area (Å²) in [6.07, 6.45) is 49.6. The zero-order chi connectivity index (χ0) is 39.4. The first-order valence-corrected chi connectivity index (χ1v) is 22.6. The van der Waals surface area contributed by atoms with E-state index in [2.05, 4.69) is 69.4 Å². The van der Waals surface area contributed by atoms with Crippen molar-refractivity contribution in [1.82, 2.24) is 0 Å². The Morgan fingerprint density at radius 1 is 0.389 bits per heavy atom. The molecule has 0 amide bonds. The molecule has 0 bridgehead atoms. The highest BCUT2D eigenvalue weighted by molar-refractivity contribution is 5.71. The number of esters is 3. The average molecular weight is 757 g/mol. The number of ether oxygens (including phenoxy) is 3. The van der Waals surface area contributed by atoms with Crippen LogP contribution in [0.15, 0.2) is 48.6 Å². The van der Waals surface area contributed by atoms with Gasteiger partial charge in [0.15, 0.2) is 6.10 Å². The Labute approximate surface area is 333 Å². The third kappa shape index (κ3) is 40.6. The van der Waals surface area contributed by atoms with E-state index in [0.717, 1.165) is 96.3 Å². The van der Waals surface area contributed by atoms with Gasteiger partial charge in [0.2, 0.25) is 0 Å². The lowest BCUT2D eigenvalue weighted by atomic mass is 10.1. The molecule has 0 aromatic heterocycles. The molecule has 1 atom stereocenters. The van der Waals surface area contributed by atoms with Gasteiger partial charge in [-0.2, -0.15) is 0 Å². The van der Waals surface area contributed by atoms with Crippen molar-refractivity contribution in [1.29, 1.82) is 0 Å². The minimum absolute atomic E-state index is 0.0793. The fraction of sp³-hybridized carbons (Fsp3) is 0.771. The number of rotatable bonds is 40. The quantitative estimate of drug-likeness (QED) is 0.0268. The van der Waals surface area contributed by atoms with Gasteiger partial charge in [0.25, 0.3) is 0 Å². The largest absolute Gasteiger partial charge is 0.462 e. The highest BCUT2D eigenvalue weighted by atomic mass is 16.6. The van der Waals surface area contributed by atoms with E-state index in [1.165, 1.54) is 83.5 Å². The smallest absolute Gasteiger partial charge is 0.306 e. The molecule has 0 aromatic carbocycles. The molecule has 0 rings (SSSR count). The maximum Gasteiger partial charge on any atom is 0.306 e. The molecular weight excluding hydrogens is 673 g/mol. The van der Waals surface area contributed by atoms with Crippen LogP contribution in [0.4, 0.5) is 0 Å². The molecule has 0 aliphatic rings. The predicted octanol–water partition coefficient (Wildman–Crippen LogP) is 14.4. The second kappa shape index (κ2) is 43.1. The summed E-state index contributed by atoms with van der Waals surface area (Å²) >= 11 is 0. The van der Waals surface area contributed by atoms with Gasteiger partial charge in [0, 0.05) is 19.3 Å². The van der Waals surface area contributed by atoms with Crippen LogP contribution < -0.4 is 0 Å². The SMILES string of the molecule is CC/C=C\C/C=C\C/C=C\CCCCCCCCCC(=O)OCC(COC(=O)CCCCCCCCC)OC(=O)CCCCCCC/C=C\CCCCC. The van der Waals surface area contributed by atoms with Gasteiger partial charge in [-0.05, 0) is 77.0 Å². The number of allylic oxidation sites excluding steroid dienone is 8. The van der Waals surface area contributed by atoms with Crippen LogP contribution in [0.2, 0.25) is 0 Å². The topological polar surface area (TPSA) is 78.9 Å². The summed E-state index contributed by atoms with van der Waals surface area (Å²) in [6.45, 7) is 6.43. The number of hydrogen-bond acceptors (Lipinski definition) is 6. The first-order valence-electron chi connectivity index (χ1n) is 22.6. The molecule has 0 spiro atoms. The summed E-state index contributed by atoms with van der Waals surface area (Å²) in [5.41, 5.74) is 0. The normalized spacial score (nSPS) is 12.4. The van der Waals surface area contributed by atoms with Crippen molar-refractivity contribution < 1.29 is 28.6 Å². The summed E-state index contributed by atoms with van der Waals surface area (Å²) in [7, 11) is 0. The molecule has 6 nitrogen and oxygen atoms in total. The van der Waals surface area contributed by atoms with Gasteiger partial charge in [-0.15, -0.1) is 0 Å². The van der Waals surface area contributed by atoms with Crippen LogP contribution in [0, 0.1) is 0 Å². The Hall–Kier alpha value is -2.63. The summed E-state index contributed by atoms with van der Waals surface area (Å²) in [5.74, 6) is -0.907. The standard InChI is InChI=1S/C48H84O6/c1-4-7-10-13-16-18-20-22-23-24-25-26-28-29-32-35-38-41-47(50)53-44-45(43-52-46(49)40-37-34-31-15-12-9-6-3)54-48(51)42-39-36-33-30-27-21-19-17-14-11-8-5-2/h7,10,16-19,22-23,45H,4-6,8-9,11-15,20-21,24-44H2,1-3H3/b10-7-,18-16-,19-17-,23-22-. The third-order valence-electron chi connectivity index (χ3n) is 9.57. The molecule has 6 heteroatoms. The van der Waals surface area contributed by atoms with Crippen LogP contribution in [0.3, 0.4) is 0 Å². The summed E-state index contributed by atoms with van der Waals surface area (Å²) in [5, 5.41) is 0. The van der Waals surface area contributed by atoms with Crippen LogP contribution in [0.1, 0.15) is 220 Å². The third-order valence-corrected chi connectivity index (χ3v) is 9.57. The first kappa shape index (κ1) is 51.4. The van der Waals surface area contributed by atoms with Crippen molar-refractivity contribution in [3.8, 4) is 0 Å².